The zero-order valence-electron chi connectivity index (χ0n) is 10.4. The summed E-state index contributed by atoms with van der Waals surface area (Å²) in [5.74, 6) is 0.685. The lowest BCUT2D eigenvalue weighted by Gasteiger charge is -2.15. The molecule has 0 amide bonds. The van der Waals surface area contributed by atoms with E-state index in [2.05, 4.69) is 17.3 Å². The fraction of sp³-hybridized carbons (Fsp3) is 0.462. The summed E-state index contributed by atoms with van der Waals surface area (Å²) in [6.45, 7) is 3.26. The van der Waals surface area contributed by atoms with Crippen LogP contribution in [0.3, 0.4) is 0 Å². The number of hydrogen-bond acceptors (Lipinski definition) is 3. The van der Waals surface area contributed by atoms with E-state index in [1.54, 1.807) is 0 Å². The average molecular weight is 284 g/mol. The predicted octanol–water partition coefficient (Wildman–Crippen LogP) is 2.34. The van der Waals surface area contributed by atoms with Crippen LogP contribution in [-0.4, -0.2) is 36.6 Å². The summed E-state index contributed by atoms with van der Waals surface area (Å²) in [5.41, 5.74) is 7.51. The molecule has 3 N–H and O–H groups in total. The van der Waals surface area contributed by atoms with Crippen LogP contribution in [0.4, 0.5) is 5.69 Å². The van der Waals surface area contributed by atoms with Crippen molar-refractivity contribution >= 4 is 34.5 Å². The molecule has 1 aromatic carbocycles. The summed E-state index contributed by atoms with van der Waals surface area (Å²) < 4.78 is 0. The fourth-order valence-electron chi connectivity index (χ4n) is 2.32. The molecular weight excluding hydrogens is 266 g/mol. The maximum atomic E-state index is 5.96. The monoisotopic (exact) mass is 283 g/mol. The topological polar surface area (TPSA) is 41.3 Å². The highest BCUT2D eigenvalue weighted by atomic mass is 35.5. The quantitative estimate of drug-likeness (QED) is 0.833. The van der Waals surface area contributed by atoms with E-state index in [0.29, 0.717) is 15.9 Å². The van der Waals surface area contributed by atoms with Crippen LogP contribution in [0.15, 0.2) is 18.2 Å². The molecule has 0 saturated carbocycles. The fourth-order valence-corrected chi connectivity index (χ4v) is 2.66. The lowest BCUT2D eigenvalue weighted by atomic mass is 10.1. The van der Waals surface area contributed by atoms with Gasteiger partial charge in [0.15, 0.2) is 0 Å². The summed E-state index contributed by atoms with van der Waals surface area (Å²) in [6, 6.07) is 5.61. The molecule has 98 valence electrons. The third kappa shape index (κ3) is 3.34. The summed E-state index contributed by atoms with van der Waals surface area (Å²) >= 11 is 11.0. The van der Waals surface area contributed by atoms with Gasteiger partial charge in [-0.25, -0.2) is 0 Å². The molecule has 1 aliphatic rings. The van der Waals surface area contributed by atoms with Crippen LogP contribution in [0.5, 0.6) is 0 Å². The van der Waals surface area contributed by atoms with Gasteiger partial charge in [-0.1, -0.05) is 23.8 Å². The van der Waals surface area contributed by atoms with Crippen molar-refractivity contribution < 1.29 is 0 Å². The highest BCUT2D eigenvalue weighted by Gasteiger charge is 2.19. The Morgan fingerprint density at radius 3 is 3.00 bits per heavy atom. The minimum atomic E-state index is 0.378. The number of nitrogens with two attached hydrogens (primary N) is 1. The lowest BCUT2D eigenvalue weighted by Crippen LogP contribution is -2.20. The Morgan fingerprint density at radius 1 is 1.61 bits per heavy atom. The van der Waals surface area contributed by atoms with Crippen molar-refractivity contribution in [3.8, 4) is 0 Å². The summed E-state index contributed by atoms with van der Waals surface area (Å²) in [5, 5.41) is 4.09. The van der Waals surface area contributed by atoms with Gasteiger partial charge in [-0.2, -0.15) is 0 Å². The van der Waals surface area contributed by atoms with Gasteiger partial charge in [-0.05, 0) is 44.1 Å². The molecule has 0 spiro atoms. The Morgan fingerprint density at radius 2 is 2.39 bits per heavy atom. The third-order valence-electron chi connectivity index (χ3n) is 3.32. The summed E-state index contributed by atoms with van der Waals surface area (Å²) in [7, 11) is 2.16. The van der Waals surface area contributed by atoms with E-state index >= 15 is 0 Å². The second-order valence-electron chi connectivity index (χ2n) is 4.85. The van der Waals surface area contributed by atoms with Crippen molar-refractivity contribution in [1.29, 1.82) is 0 Å². The summed E-state index contributed by atoms with van der Waals surface area (Å²) in [6.07, 6.45) is 1.24. The molecule has 1 heterocycles. The standard InChI is InChI=1S/C13H18ClN3S/c1-17-5-4-9(8-17)7-16-12-3-2-10(14)6-11(12)13(15)18/h2-3,6,9,16H,4-5,7-8H2,1H3,(H2,15,18). The Hall–Kier alpha value is -0.840. The molecule has 1 fully saturated rings. The second-order valence-corrected chi connectivity index (χ2v) is 5.73. The van der Waals surface area contributed by atoms with Gasteiger partial charge in [0, 0.05) is 29.4 Å². The Bertz CT molecular complexity index is 450. The zero-order valence-corrected chi connectivity index (χ0v) is 12.0. The van der Waals surface area contributed by atoms with Crippen LogP contribution in [0.2, 0.25) is 5.02 Å². The molecule has 0 aromatic heterocycles. The Kier molecular flexibility index (Phi) is 4.43. The van der Waals surface area contributed by atoms with Crippen LogP contribution in [0.1, 0.15) is 12.0 Å². The van der Waals surface area contributed by atoms with E-state index in [0.717, 1.165) is 24.3 Å². The first-order chi connectivity index (χ1) is 8.56. The average Bonchev–Trinajstić information content (AvgIpc) is 2.73. The van der Waals surface area contributed by atoms with Gasteiger partial charge in [0.2, 0.25) is 0 Å². The van der Waals surface area contributed by atoms with E-state index in [1.165, 1.54) is 13.0 Å². The van der Waals surface area contributed by atoms with Crippen molar-refractivity contribution in [2.24, 2.45) is 11.7 Å². The highest BCUT2D eigenvalue weighted by molar-refractivity contribution is 7.80. The Labute approximate surface area is 118 Å². The van der Waals surface area contributed by atoms with Crippen molar-refractivity contribution in [2.45, 2.75) is 6.42 Å². The van der Waals surface area contributed by atoms with Crippen LogP contribution in [-0.2, 0) is 0 Å². The van der Waals surface area contributed by atoms with Gasteiger partial charge in [0.05, 0.1) is 0 Å². The minimum absolute atomic E-state index is 0.378. The number of nitrogens with one attached hydrogen (secondary N) is 1. The molecule has 1 unspecified atom stereocenters. The molecule has 1 saturated heterocycles. The second kappa shape index (κ2) is 5.87. The molecule has 18 heavy (non-hydrogen) atoms. The number of rotatable bonds is 4. The van der Waals surface area contributed by atoms with E-state index in [4.69, 9.17) is 29.6 Å². The number of hydrogen-bond donors (Lipinski definition) is 2. The molecule has 1 aromatic rings. The van der Waals surface area contributed by atoms with Gasteiger partial charge >= 0.3 is 0 Å². The maximum Gasteiger partial charge on any atom is 0.106 e. The molecule has 0 bridgehead atoms. The minimum Gasteiger partial charge on any atom is -0.389 e. The molecular formula is C13H18ClN3S. The van der Waals surface area contributed by atoms with Crippen LogP contribution in [0.25, 0.3) is 0 Å². The molecule has 5 heteroatoms. The lowest BCUT2D eigenvalue weighted by molar-refractivity contribution is 0.399. The number of likely N-dealkylation sites (tertiary alicyclic amines) is 1. The van der Waals surface area contributed by atoms with Crippen LogP contribution >= 0.6 is 23.8 Å². The zero-order chi connectivity index (χ0) is 13.1. The molecule has 1 aliphatic heterocycles. The largest absolute Gasteiger partial charge is 0.389 e. The van der Waals surface area contributed by atoms with Crippen LogP contribution in [0, 0.1) is 5.92 Å². The smallest absolute Gasteiger partial charge is 0.106 e. The first-order valence-electron chi connectivity index (χ1n) is 6.08. The van der Waals surface area contributed by atoms with Gasteiger partial charge in [0.25, 0.3) is 0 Å². The van der Waals surface area contributed by atoms with Gasteiger partial charge in [0.1, 0.15) is 4.99 Å². The highest BCUT2D eigenvalue weighted by Crippen LogP contribution is 2.22. The predicted molar refractivity (Wildman–Crippen MR) is 81.4 cm³/mol. The first-order valence-corrected chi connectivity index (χ1v) is 6.86. The van der Waals surface area contributed by atoms with E-state index < -0.39 is 0 Å². The maximum absolute atomic E-state index is 5.96. The molecule has 0 aliphatic carbocycles. The van der Waals surface area contributed by atoms with Crippen molar-refractivity contribution in [1.82, 2.24) is 4.90 Å². The first kappa shape index (κ1) is 13.6. The van der Waals surface area contributed by atoms with Crippen molar-refractivity contribution in [3.63, 3.8) is 0 Å². The molecule has 3 nitrogen and oxygen atoms in total. The molecule has 0 radical (unpaired) electrons. The van der Waals surface area contributed by atoms with E-state index in [-0.39, 0.29) is 0 Å². The molecule has 1 atom stereocenters. The number of nitrogens with zero attached hydrogens (tertiary/aromatic N) is 1. The van der Waals surface area contributed by atoms with Gasteiger partial charge < -0.3 is 16.0 Å². The number of halogens is 1. The van der Waals surface area contributed by atoms with Gasteiger partial charge in [-0.15, -0.1) is 0 Å². The number of thiocarbonyl (C=S) groups is 1. The van der Waals surface area contributed by atoms with Crippen molar-refractivity contribution in [2.75, 3.05) is 32.0 Å². The van der Waals surface area contributed by atoms with Crippen LogP contribution < -0.4 is 11.1 Å². The Balaban J connectivity index is 2.02. The van der Waals surface area contributed by atoms with E-state index in [9.17, 15) is 0 Å². The number of benzene rings is 1. The van der Waals surface area contributed by atoms with E-state index in [1.807, 2.05) is 18.2 Å². The summed E-state index contributed by atoms with van der Waals surface area (Å²) in [4.78, 5) is 2.73. The van der Waals surface area contributed by atoms with Crippen molar-refractivity contribution in [3.05, 3.63) is 28.8 Å². The number of anilines is 1. The third-order valence-corrected chi connectivity index (χ3v) is 3.77. The SMILES string of the molecule is CN1CCC(CNc2ccc(Cl)cc2C(N)=S)C1. The normalized spacial score (nSPS) is 20.0. The van der Waals surface area contributed by atoms with Gasteiger partial charge in [-0.3, -0.25) is 0 Å². The molecule has 2 rings (SSSR count).